The van der Waals surface area contributed by atoms with E-state index >= 15 is 0 Å². The third kappa shape index (κ3) is 4.77. The summed E-state index contributed by atoms with van der Waals surface area (Å²) in [4.78, 5) is 12.4. The van der Waals surface area contributed by atoms with Crippen LogP contribution in [-0.2, 0) is 10.0 Å². The smallest absolute Gasteiger partial charge is 0.251 e. The fourth-order valence-electron chi connectivity index (χ4n) is 3.08. The SMILES string of the molecule is O=C(NCCC(O)c1ccco1)c1ccc(S(=O)(=O)N2CCCCC2)cc1. The van der Waals surface area contributed by atoms with Crippen LogP contribution in [0.4, 0.5) is 0 Å². The van der Waals surface area contributed by atoms with E-state index in [1.165, 1.54) is 34.8 Å². The van der Waals surface area contributed by atoms with Crippen LogP contribution in [0.25, 0.3) is 0 Å². The fourth-order valence-corrected chi connectivity index (χ4v) is 4.60. The monoisotopic (exact) mass is 392 g/mol. The Hall–Kier alpha value is -2.16. The largest absolute Gasteiger partial charge is 0.467 e. The number of furan rings is 1. The van der Waals surface area contributed by atoms with Crippen LogP contribution >= 0.6 is 0 Å². The summed E-state index contributed by atoms with van der Waals surface area (Å²) in [5.74, 6) is 0.139. The minimum Gasteiger partial charge on any atom is -0.467 e. The number of hydrogen-bond acceptors (Lipinski definition) is 5. The molecule has 1 aromatic carbocycles. The number of carbonyl (C=O) groups is 1. The van der Waals surface area contributed by atoms with Gasteiger partial charge in [0.15, 0.2) is 0 Å². The lowest BCUT2D eigenvalue weighted by Crippen LogP contribution is -2.35. The molecule has 1 fully saturated rings. The molecule has 0 saturated carbocycles. The minimum atomic E-state index is -3.50. The van der Waals surface area contributed by atoms with Gasteiger partial charge in [0.2, 0.25) is 10.0 Å². The first kappa shape index (κ1) is 19.6. The molecule has 27 heavy (non-hydrogen) atoms. The van der Waals surface area contributed by atoms with Crippen molar-refractivity contribution >= 4 is 15.9 Å². The summed E-state index contributed by atoms with van der Waals surface area (Å²) in [6, 6.07) is 9.32. The number of benzene rings is 1. The van der Waals surface area contributed by atoms with Gasteiger partial charge in [0.25, 0.3) is 5.91 Å². The van der Waals surface area contributed by atoms with E-state index in [4.69, 9.17) is 4.42 Å². The van der Waals surface area contributed by atoms with Crippen LogP contribution in [0.3, 0.4) is 0 Å². The van der Waals surface area contributed by atoms with Crippen molar-refractivity contribution in [2.75, 3.05) is 19.6 Å². The molecule has 0 spiro atoms. The maximum atomic E-state index is 12.6. The van der Waals surface area contributed by atoms with E-state index in [-0.39, 0.29) is 17.3 Å². The maximum absolute atomic E-state index is 12.6. The molecule has 1 unspecified atom stereocenters. The molecule has 1 aromatic heterocycles. The Morgan fingerprint density at radius 2 is 1.85 bits per heavy atom. The molecule has 8 heteroatoms. The second-order valence-electron chi connectivity index (χ2n) is 6.56. The zero-order valence-electron chi connectivity index (χ0n) is 15.0. The zero-order chi connectivity index (χ0) is 19.3. The summed E-state index contributed by atoms with van der Waals surface area (Å²) in [5.41, 5.74) is 0.375. The second kappa shape index (κ2) is 8.69. The zero-order valence-corrected chi connectivity index (χ0v) is 15.8. The molecule has 1 aliphatic rings. The van der Waals surface area contributed by atoms with Gasteiger partial charge in [-0.2, -0.15) is 4.31 Å². The normalized spacial score (nSPS) is 16.8. The van der Waals surface area contributed by atoms with Crippen molar-refractivity contribution in [3.8, 4) is 0 Å². The van der Waals surface area contributed by atoms with E-state index in [9.17, 15) is 18.3 Å². The summed E-state index contributed by atoms with van der Waals surface area (Å²) in [5, 5.41) is 12.6. The Morgan fingerprint density at radius 1 is 1.15 bits per heavy atom. The summed E-state index contributed by atoms with van der Waals surface area (Å²) >= 11 is 0. The van der Waals surface area contributed by atoms with Gasteiger partial charge in [-0.3, -0.25) is 4.79 Å². The average molecular weight is 392 g/mol. The third-order valence-corrected chi connectivity index (χ3v) is 6.56. The van der Waals surface area contributed by atoms with Crippen LogP contribution in [-0.4, -0.2) is 43.4 Å². The average Bonchev–Trinajstić information content (AvgIpc) is 3.23. The van der Waals surface area contributed by atoms with Gasteiger partial charge in [0.05, 0.1) is 11.2 Å². The quantitative estimate of drug-likeness (QED) is 0.753. The number of sulfonamides is 1. The van der Waals surface area contributed by atoms with Crippen LogP contribution in [0.15, 0.2) is 52.0 Å². The first-order valence-corrected chi connectivity index (χ1v) is 10.5. The van der Waals surface area contributed by atoms with Gasteiger partial charge in [0.1, 0.15) is 11.9 Å². The lowest BCUT2D eigenvalue weighted by molar-refractivity contribution is 0.0936. The van der Waals surface area contributed by atoms with Gasteiger partial charge < -0.3 is 14.8 Å². The van der Waals surface area contributed by atoms with Gasteiger partial charge in [-0.1, -0.05) is 6.42 Å². The Labute approximate surface area is 159 Å². The number of carbonyl (C=O) groups excluding carboxylic acids is 1. The standard InChI is InChI=1S/C19H24N2O5S/c22-17(18-5-4-14-26-18)10-11-20-19(23)15-6-8-16(9-7-15)27(24,25)21-12-2-1-3-13-21/h4-9,14,17,22H,1-3,10-13H2,(H,20,23). The number of hydrogen-bond donors (Lipinski definition) is 2. The van der Waals surface area contributed by atoms with E-state index in [1.807, 2.05) is 0 Å². The number of amides is 1. The molecule has 0 bridgehead atoms. The number of aliphatic hydroxyl groups excluding tert-OH is 1. The molecule has 0 aliphatic carbocycles. The maximum Gasteiger partial charge on any atom is 0.251 e. The number of nitrogens with zero attached hydrogens (tertiary/aromatic N) is 1. The topological polar surface area (TPSA) is 99.8 Å². The van der Waals surface area contributed by atoms with Crippen molar-refractivity contribution in [1.29, 1.82) is 0 Å². The van der Waals surface area contributed by atoms with Crippen LogP contribution in [0.5, 0.6) is 0 Å². The summed E-state index contributed by atoms with van der Waals surface area (Å²) < 4.78 is 31.8. The Morgan fingerprint density at radius 3 is 2.48 bits per heavy atom. The lowest BCUT2D eigenvalue weighted by Gasteiger charge is -2.25. The Kier molecular flexibility index (Phi) is 6.30. The van der Waals surface area contributed by atoms with Crippen molar-refractivity contribution in [2.45, 2.75) is 36.7 Å². The summed E-state index contributed by atoms with van der Waals surface area (Å²) in [6.45, 7) is 1.36. The number of nitrogens with one attached hydrogen (secondary N) is 1. The number of aliphatic hydroxyl groups is 1. The predicted molar refractivity (Wildman–Crippen MR) is 99.7 cm³/mol. The molecular weight excluding hydrogens is 368 g/mol. The predicted octanol–water partition coefficient (Wildman–Crippen LogP) is 2.31. The molecule has 146 valence electrons. The second-order valence-corrected chi connectivity index (χ2v) is 8.50. The molecule has 2 aromatic rings. The van der Waals surface area contributed by atoms with Gasteiger partial charge in [-0.05, 0) is 55.7 Å². The van der Waals surface area contributed by atoms with E-state index in [1.54, 1.807) is 12.1 Å². The van der Waals surface area contributed by atoms with Crippen molar-refractivity contribution in [3.63, 3.8) is 0 Å². The van der Waals surface area contributed by atoms with Crippen molar-refractivity contribution < 1.29 is 22.7 Å². The van der Waals surface area contributed by atoms with Crippen LogP contribution in [0.1, 0.15) is 47.9 Å². The molecule has 1 aliphatic heterocycles. The van der Waals surface area contributed by atoms with E-state index in [2.05, 4.69) is 5.32 Å². The summed E-state index contributed by atoms with van der Waals surface area (Å²) in [7, 11) is -3.50. The van der Waals surface area contributed by atoms with Crippen LogP contribution in [0.2, 0.25) is 0 Å². The van der Waals surface area contributed by atoms with Crippen molar-refractivity contribution in [2.24, 2.45) is 0 Å². The summed E-state index contributed by atoms with van der Waals surface area (Å²) in [6.07, 6.45) is 3.84. The van der Waals surface area contributed by atoms with Crippen LogP contribution in [0, 0.1) is 0 Å². The van der Waals surface area contributed by atoms with E-state index < -0.39 is 16.1 Å². The number of piperidine rings is 1. The molecule has 1 saturated heterocycles. The van der Waals surface area contributed by atoms with E-state index in [0.717, 1.165) is 19.3 Å². The highest BCUT2D eigenvalue weighted by molar-refractivity contribution is 7.89. The van der Waals surface area contributed by atoms with E-state index in [0.29, 0.717) is 30.8 Å². The minimum absolute atomic E-state index is 0.203. The lowest BCUT2D eigenvalue weighted by atomic mass is 10.2. The van der Waals surface area contributed by atoms with Gasteiger partial charge in [0, 0.05) is 25.2 Å². The molecular formula is C19H24N2O5S. The first-order chi connectivity index (χ1) is 13.0. The first-order valence-electron chi connectivity index (χ1n) is 9.08. The van der Waals surface area contributed by atoms with Gasteiger partial charge in [-0.25, -0.2) is 8.42 Å². The molecule has 7 nitrogen and oxygen atoms in total. The molecule has 0 radical (unpaired) electrons. The van der Waals surface area contributed by atoms with Gasteiger partial charge in [-0.15, -0.1) is 0 Å². The Balaban J connectivity index is 1.55. The van der Waals surface area contributed by atoms with Gasteiger partial charge >= 0.3 is 0 Å². The van der Waals surface area contributed by atoms with Crippen molar-refractivity contribution in [3.05, 3.63) is 54.0 Å². The van der Waals surface area contributed by atoms with Crippen molar-refractivity contribution in [1.82, 2.24) is 9.62 Å². The third-order valence-electron chi connectivity index (χ3n) is 4.64. The highest BCUT2D eigenvalue weighted by Gasteiger charge is 2.25. The molecule has 1 atom stereocenters. The fraction of sp³-hybridized carbons (Fsp3) is 0.421. The molecule has 1 amide bonds. The highest BCUT2D eigenvalue weighted by Crippen LogP contribution is 2.21. The highest BCUT2D eigenvalue weighted by atomic mass is 32.2. The Bertz CT molecular complexity index is 841. The molecule has 2 heterocycles. The molecule has 3 rings (SSSR count). The number of rotatable bonds is 7. The molecule has 2 N–H and O–H groups in total. The van der Waals surface area contributed by atoms with Crippen LogP contribution < -0.4 is 5.32 Å².